The Kier molecular flexibility index (Phi) is 9.71. The van der Waals surface area contributed by atoms with E-state index in [0.717, 1.165) is 32.1 Å². The molecule has 10 unspecified atom stereocenters. The highest BCUT2D eigenvalue weighted by Gasteiger charge is 2.68. The molecule has 226 valence electrons. The molecule has 40 heavy (non-hydrogen) atoms. The summed E-state index contributed by atoms with van der Waals surface area (Å²) < 4.78 is 25.1. The van der Waals surface area contributed by atoms with Crippen molar-refractivity contribution in [2.45, 2.75) is 147 Å². The van der Waals surface area contributed by atoms with Crippen LogP contribution < -0.4 is 0 Å². The van der Waals surface area contributed by atoms with Crippen LogP contribution in [-0.4, -0.2) is 58.6 Å². The van der Waals surface area contributed by atoms with Gasteiger partial charge in [0.1, 0.15) is 18.3 Å². The molecule has 8 nitrogen and oxygen atoms in total. The topological polar surface area (TPSA) is 108 Å². The Morgan fingerprint density at radius 1 is 1.05 bits per heavy atom. The Morgan fingerprint density at radius 3 is 2.45 bits per heavy atom. The third kappa shape index (κ3) is 6.13. The van der Waals surface area contributed by atoms with Crippen LogP contribution >= 0.6 is 0 Å². The Labute approximate surface area is 239 Å². The van der Waals surface area contributed by atoms with Crippen LogP contribution in [0.2, 0.25) is 0 Å². The molecule has 1 saturated carbocycles. The summed E-state index contributed by atoms with van der Waals surface area (Å²) in [5.41, 5.74) is -1.66. The van der Waals surface area contributed by atoms with Gasteiger partial charge >= 0.3 is 17.9 Å². The summed E-state index contributed by atoms with van der Waals surface area (Å²) in [6.07, 6.45) is 5.33. The molecule has 0 aromatic carbocycles. The number of aliphatic hydroxyl groups is 1. The Balaban J connectivity index is 1.71. The summed E-state index contributed by atoms with van der Waals surface area (Å²) >= 11 is 0. The molecule has 0 aromatic heterocycles. The van der Waals surface area contributed by atoms with E-state index in [2.05, 4.69) is 13.5 Å². The molecule has 3 aliphatic heterocycles. The number of hydrogen-bond acceptors (Lipinski definition) is 8. The van der Waals surface area contributed by atoms with E-state index in [1.165, 1.54) is 0 Å². The summed E-state index contributed by atoms with van der Waals surface area (Å²) in [6, 6.07) is 0. The molecule has 4 rings (SSSR count). The maximum atomic E-state index is 13.5. The fourth-order valence-corrected chi connectivity index (χ4v) is 7.78. The van der Waals surface area contributed by atoms with Crippen LogP contribution in [-0.2, 0) is 33.3 Å². The number of unbranched alkanes of at least 4 members (excludes halogenated alkanes) is 4. The zero-order valence-electron chi connectivity index (χ0n) is 25.1. The lowest BCUT2D eigenvalue weighted by Crippen LogP contribution is -2.58. The minimum absolute atomic E-state index is 0.0182. The average Bonchev–Trinajstić information content (AvgIpc) is 3.26. The van der Waals surface area contributed by atoms with E-state index in [4.69, 9.17) is 18.9 Å². The summed E-state index contributed by atoms with van der Waals surface area (Å²) in [4.78, 5) is 39.4. The number of fused-ring (bicyclic) bond motifs is 2. The van der Waals surface area contributed by atoms with Gasteiger partial charge < -0.3 is 24.1 Å². The molecule has 0 spiro atoms. The highest BCUT2D eigenvalue weighted by atomic mass is 16.6. The molecule has 0 aromatic rings. The second kappa shape index (κ2) is 12.5. The van der Waals surface area contributed by atoms with Crippen LogP contribution in [0.3, 0.4) is 0 Å². The van der Waals surface area contributed by atoms with Gasteiger partial charge in [-0.15, -0.1) is 0 Å². The minimum Gasteiger partial charge on any atom is -0.458 e. The molecule has 3 saturated heterocycles. The highest BCUT2D eigenvalue weighted by Crippen LogP contribution is 2.59. The Hall–Kier alpha value is -1.93. The Morgan fingerprint density at radius 2 is 1.75 bits per heavy atom. The fourth-order valence-electron chi connectivity index (χ4n) is 7.78. The number of esters is 3. The van der Waals surface area contributed by atoms with Gasteiger partial charge in [0.2, 0.25) is 0 Å². The molecule has 8 heteroatoms. The standard InChI is InChI=1S/C32H50O8/c1-7-9-10-11-12-14-26(34)39-24-18-22(37-25(33)13-8-2)19(3)17-23-28-27-21(15-16-31(28,5)36)20(4)30(35)40-32(24,6)29(27)38-23/h20-24,27-29,36H,3,7-18H2,1-2,4-6H3. The predicted molar refractivity (Wildman–Crippen MR) is 149 cm³/mol. The second-order valence-electron chi connectivity index (χ2n) is 13.1. The third-order valence-corrected chi connectivity index (χ3v) is 10.1. The summed E-state index contributed by atoms with van der Waals surface area (Å²) in [5, 5.41) is 11.6. The zero-order chi connectivity index (χ0) is 29.2. The van der Waals surface area contributed by atoms with Crippen molar-refractivity contribution in [3.05, 3.63) is 12.2 Å². The van der Waals surface area contributed by atoms with E-state index in [1.54, 1.807) is 6.92 Å². The van der Waals surface area contributed by atoms with Crippen LogP contribution in [0.1, 0.15) is 112 Å². The zero-order valence-corrected chi connectivity index (χ0v) is 25.1. The van der Waals surface area contributed by atoms with Crippen molar-refractivity contribution in [3.8, 4) is 0 Å². The third-order valence-electron chi connectivity index (χ3n) is 10.1. The normalized spacial score (nSPS) is 40.8. The van der Waals surface area contributed by atoms with Gasteiger partial charge in [-0.05, 0) is 57.4 Å². The van der Waals surface area contributed by atoms with E-state index in [0.29, 0.717) is 31.3 Å². The molecule has 0 amide bonds. The average molecular weight is 563 g/mol. The predicted octanol–water partition coefficient (Wildman–Crippen LogP) is 5.43. The van der Waals surface area contributed by atoms with Crippen LogP contribution in [0.5, 0.6) is 0 Å². The lowest BCUT2D eigenvalue weighted by molar-refractivity contribution is -0.210. The number of carbonyl (C=O) groups is 3. The lowest BCUT2D eigenvalue weighted by Gasteiger charge is -2.48. The van der Waals surface area contributed by atoms with Crippen molar-refractivity contribution < 1.29 is 38.4 Å². The fraction of sp³-hybridized carbons (Fsp3) is 0.844. The highest BCUT2D eigenvalue weighted by molar-refractivity contribution is 5.74. The molecule has 4 fully saturated rings. The van der Waals surface area contributed by atoms with Gasteiger partial charge in [0.15, 0.2) is 5.60 Å². The summed E-state index contributed by atoms with van der Waals surface area (Å²) in [6.45, 7) is 13.9. The molecule has 0 radical (unpaired) electrons. The number of carbonyl (C=O) groups excluding carboxylic acids is 3. The largest absolute Gasteiger partial charge is 0.458 e. The molecule has 2 bridgehead atoms. The van der Waals surface area contributed by atoms with E-state index in [-0.39, 0.29) is 66.9 Å². The van der Waals surface area contributed by atoms with Gasteiger partial charge in [-0.25, -0.2) is 0 Å². The molecular weight excluding hydrogens is 512 g/mol. The number of hydrogen-bond donors (Lipinski definition) is 1. The van der Waals surface area contributed by atoms with Gasteiger partial charge in [-0.2, -0.15) is 0 Å². The van der Waals surface area contributed by atoms with Gasteiger partial charge in [0.25, 0.3) is 0 Å². The molecule has 4 aliphatic rings. The summed E-state index contributed by atoms with van der Waals surface area (Å²) in [7, 11) is 0. The first-order valence-corrected chi connectivity index (χ1v) is 15.6. The molecular formula is C32H50O8. The van der Waals surface area contributed by atoms with Crippen molar-refractivity contribution in [2.24, 2.45) is 23.7 Å². The van der Waals surface area contributed by atoms with E-state index in [9.17, 15) is 19.5 Å². The van der Waals surface area contributed by atoms with Crippen molar-refractivity contribution >= 4 is 17.9 Å². The van der Waals surface area contributed by atoms with Crippen LogP contribution in [0.4, 0.5) is 0 Å². The van der Waals surface area contributed by atoms with Crippen molar-refractivity contribution in [2.75, 3.05) is 0 Å². The van der Waals surface area contributed by atoms with Crippen molar-refractivity contribution in [3.63, 3.8) is 0 Å². The van der Waals surface area contributed by atoms with E-state index >= 15 is 0 Å². The van der Waals surface area contributed by atoms with Gasteiger partial charge in [0, 0.05) is 31.1 Å². The SMILES string of the molecule is C=C1CC2OC3C4C(CCC(C)(O)C24)C(C)C(=O)OC3(C)C(OC(=O)CCCCCCC)CC1OC(=O)CCC. The summed E-state index contributed by atoms with van der Waals surface area (Å²) in [5.74, 6) is -1.87. The molecule has 10 atom stereocenters. The minimum atomic E-state index is -1.32. The number of rotatable bonds is 10. The first-order valence-electron chi connectivity index (χ1n) is 15.6. The van der Waals surface area contributed by atoms with Crippen molar-refractivity contribution in [1.29, 1.82) is 0 Å². The lowest BCUT2D eigenvalue weighted by atomic mass is 9.58. The number of ether oxygens (including phenoxy) is 4. The van der Waals surface area contributed by atoms with Crippen LogP contribution in [0.15, 0.2) is 12.2 Å². The molecule has 1 N–H and O–H groups in total. The molecule has 1 aliphatic carbocycles. The maximum absolute atomic E-state index is 13.5. The van der Waals surface area contributed by atoms with Crippen LogP contribution in [0.25, 0.3) is 0 Å². The van der Waals surface area contributed by atoms with Gasteiger partial charge in [-0.1, -0.05) is 53.0 Å². The Bertz CT molecular complexity index is 959. The van der Waals surface area contributed by atoms with Gasteiger partial charge in [-0.3, -0.25) is 14.4 Å². The maximum Gasteiger partial charge on any atom is 0.309 e. The first kappa shape index (κ1) is 31.0. The monoisotopic (exact) mass is 562 g/mol. The smallest absolute Gasteiger partial charge is 0.309 e. The van der Waals surface area contributed by atoms with Crippen LogP contribution in [0, 0.1) is 23.7 Å². The molecule has 3 heterocycles. The van der Waals surface area contributed by atoms with Gasteiger partial charge in [0.05, 0.1) is 17.6 Å². The quantitative estimate of drug-likeness (QED) is 0.162. The second-order valence-corrected chi connectivity index (χ2v) is 13.1. The van der Waals surface area contributed by atoms with E-state index < -0.39 is 29.5 Å². The van der Waals surface area contributed by atoms with E-state index in [1.807, 2.05) is 20.8 Å². The van der Waals surface area contributed by atoms with Crippen molar-refractivity contribution in [1.82, 2.24) is 0 Å². The first-order chi connectivity index (χ1) is 18.9.